The number of ether oxygens (including phenoxy) is 2. The molecule has 56 heavy (non-hydrogen) atoms. The molecule has 10 nitrogen and oxygen atoms in total. The third-order valence-corrected chi connectivity index (χ3v) is 11.7. The van der Waals surface area contributed by atoms with Gasteiger partial charge in [0.15, 0.2) is 23.0 Å². The van der Waals surface area contributed by atoms with Crippen molar-refractivity contribution in [1.29, 1.82) is 0 Å². The lowest BCUT2D eigenvalue weighted by Crippen LogP contribution is -2.22. The van der Waals surface area contributed by atoms with E-state index in [4.69, 9.17) is 42.7 Å². The van der Waals surface area contributed by atoms with Crippen LogP contribution in [-0.4, -0.2) is 31.3 Å². The molecule has 7 aromatic rings. The van der Waals surface area contributed by atoms with Gasteiger partial charge in [-0.15, -0.1) is 0 Å². The van der Waals surface area contributed by atoms with Crippen LogP contribution in [0.25, 0.3) is 43.6 Å². The maximum absolute atomic E-state index is 12.0. The molecule has 9 rings (SSSR count). The fourth-order valence-corrected chi connectivity index (χ4v) is 8.69. The number of aryl methyl sites for hydroxylation is 2. The van der Waals surface area contributed by atoms with E-state index in [9.17, 15) is 19.8 Å². The van der Waals surface area contributed by atoms with Gasteiger partial charge in [-0.1, -0.05) is 75.6 Å². The zero-order chi connectivity index (χ0) is 38.8. The van der Waals surface area contributed by atoms with Crippen molar-refractivity contribution >= 4 is 90.1 Å². The van der Waals surface area contributed by atoms with Crippen molar-refractivity contribution in [1.82, 2.24) is 9.13 Å². The molecule has 0 amide bonds. The molecule has 0 aliphatic carbocycles. The van der Waals surface area contributed by atoms with Gasteiger partial charge < -0.3 is 28.8 Å². The summed E-state index contributed by atoms with van der Waals surface area (Å²) in [5.74, 6) is -0.497. The Morgan fingerprint density at radius 2 is 0.982 bits per heavy atom. The van der Waals surface area contributed by atoms with Crippen molar-refractivity contribution in [3.8, 4) is 23.0 Å². The first-order chi connectivity index (χ1) is 27.2. The fraction of sp³-hybridized carbons (Fsp3) is 0.273. The lowest BCUT2D eigenvalue weighted by Gasteiger charge is -2.21. The van der Waals surface area contributed by atoms with E-state index in [1.165, 1.54) is 0 Å². The number of nitrogens with zero attached hydrogens (tertiary/aromatic N) is 4. The predicted octanol–water partition coefficient (Wildman–Crippen LogP) is 11.9. The number of aromatic carboxylic acids is 2. The molecule has 0 bridgehead atoms. The largest absolute Gasteiger partial charge is 0.478 e. The fourth-order valence-electron chi connectivity index (χ4n) is 8.18. The summed E-state index contributed by atoms with van der Waals surface area (Å²) in [6, 6.07) is 18.1. The average Bonchev–Trinajstić information content (AvgIpc) is 3.66. The maximum Gasteiger partial charge on any atom is 0.335 e. The third kappa shape index (κ3) is 5.85. The summed E-state index contributed by atoms with van der Waals surface area (Å²) < 4.78 is 17.5. The van der Waals surface area contributed by atoms with Crippen molar-refractivity contribution in [2.75, 3.05) is 0 Å². The van der Waals surface area contributed by atoms with Crippen LogP contribution in [0.3, 0.4) is 0 Å². The second-order valence-electron chi connectivity index (χ2n) is 14.6. The molecule has 0 radical (unpaired) electrons. The van der Waals surface area contributed by atoms with Crippen molar-refractivity contribution in [3.63, 3.8) is 0 Å². The highest BCUT2D eigenvalue weighted by Gasteiger charge is 2.29. The molecule has 4 heterocycles. The summed E-state index contributed by atoms with van der Waals surface area (Å²) in [4.78, 5) is 33.9. The van der Waals surface area contributed by atoms with Gasteiger partial charge in [0, 0.05) is 57.8 Å². The Morgan fingerprint density at radius 3 is 1.38 bits per heavy atom. The van der Waals surface area contributed by atoms with Crippen LogP contribution in [0, 0.1) is 0 Å². The van der Waals surface area contributed by atoms with Crippen molar-refractivity contribution in [2.45, 2.75) is 78.3 Å². The highest BCUT2D eigenvalue weighted by molar-refractivity contribution is 6.35. The Balaban J connectivity index is 1.19. The molecule has 0 fully saturated rings. The second-order valence-corrected chi connectivity index (χ2v) is 15.3. The summed E-state index contributed by atoms with van der Waals surface area (Å²) in [6.45, 7) is 5.88. The van der Waals surface area contributed by atoms with Crippen molar-refractivity contribution in [3.05, 3.63) is 92.6 Å². The number of hydrogen-bond acceptors (Lipinski definition) is 6. The number of carboxylic acid groups (broad SMARTS) is 2. The molecule has 12 heteroatoms. The molecular weight excluding hydrogens is 751 g/mol. The van der Waals surface area contributed by atoms with Gasteiger partial charge in [-0.25, -0.2) is 19.6 Å². The number of rotatable bonds is 12. The maximum atomic E-state index is 12.0. The minimum atomic E-state index is -0.990. The quantitative estimate of drug-likeness (QED) is 0.119. The average molecular weight is 790 g/mol. The summed E-state index contributed by atoms with van der Waals surface area (Å²) in [7, 11) is 0. The first kappa shape index (κ1) is 36.1. The van der Waals surface area contributed by atoms with Gasteiger partial charge in [-0.2, -0.15) is 0 Å². The Bertz CT molecular complexity index is 2750. The van der Waals surface area contributed by atoms with Crippen LogP contribution in [0.4, 0.5) is 11.4 Å². The molecule has 5 aromatic carbocycles. The predicted molar refractivity (Wildman–Crippen MR) is 219 cm³/mol. The number of fused-ring (bicyclic) bond motifs is 10. The molecule has 2 aliphatic heterocycles. The topological polar surface area (TPSA) is 128 Å². The standard InChI is InChI=1S/C44H38Cl2N4O6/c1-3-5-7-9-15-49-31-13-11-23(43(51)52)17-25(31)27-19-29-35(21-33(27)49)55-41-37(45)40-42(38(46)39(41)47-29)56-36-22-34-28(20-30(36)48-40)26-18-24(44(53)54)12-14-32(26)50(34)16-10-8-6-4-2/h11-14,17-22H,3-10,15-16H2,1-2H3,(H,51,52)(H,53,54). The minimum Gasteiger partial charge on any atom is -0.478 e. The smallest absolute Gasteiger partial charge is 0.335 e. The molecule has 2 N–H and O–H groups in total. The van der Waals surface area contributed by atoms with Crippen LogP contribution in [0.15, 0.2) is 70.6 Å². The number of carbonyl (C=O) groups is 2. The molecule has 0 unspecified atom stereocenters. The zero-order valence-corrected chi connectivity index (χ0v) is 32.4. The van der Waals surface area contributed by atoms with E-state index in [1.54, 1.807) is 24.3 Å². The third-order valence-electron chi connectivity index (χ3n) is 11.0. The number of aromatic nitrogens is 2. The van der Waals surface area contributed by atoms with E-state index >= 15 is 0 Å². The van der Waals surface area contributed by atoms with Gasteiger partial charge >= 0.3 is 11.9 Å². The van der Waals surface area contributed by atoms with Gasteiger partial charge in [0.25, 0.3) is 0 Å². The van der Waals surface area contributed by atoms with Gasteiger partial charge in [0.2, 0.25) is 0 Å². The number of carboxylic acids is 2. The van der Waals surface area contributed by atoms with Crippen LogP contribution in [0.2, 0.25) is 10.0 Å². The first-order valence-electron chi connectivity index (χ1n) is 19.2. The zero-order valence-electron chi connectivity index (χ0n) is 30.9. The van der Waals surface area contributed by atoms with Gasteiger partial charge in [0.1, 0.15) is 32.1 Å². The molecule has 2 aromatic heterocycles. The van der Waals surface area contributed by atoms with Crippen LogP contribution in [0.1, 0.15) is 85.9 Å². The molecule has 0 saturated heterocycles. The van der Waals surface area contributed by atoms with Crippen LogP contribution < -0.4 is 20.2 Å². The van der Waals surface area contributed by atoms with Gasteiger partial charge in [0.05, 0.1) is 22.2 Å². The summed E-state index contributed by atoms with van der Waals surface area (Å²) in [6.07, 6.45) is 8.62. The highest BCUT2D eigenvalue weighted by atomic mass is 35.5. The van der Waals surface area contributed by atoms with E-state index in [0.717, 1.165) is 108 Å². The Labute approximate surface area is 331 Å². The lowest BCUT2D eigenvalue weighted by atomic mass is 10.1. The number of benzene rings is 5. The molecule has 284 valence electrons. The molecule has 0 atom stereocenters. The van der Waals surface area contributed by atoms with Crippen LogP contribution in [0.5, 0.6) is 23.0 Å². The molecule has 0 spiro atoms. The van der Waals surface area contributed by atoms with Crippen molar-refractivity contribution in [2.24, 2.45) is 9.98 Å². The molecule has 2 aliphatic rings. The summed E-state index contributed by atoms with van der Waals surface area (Å²) in [5, 5.41) is 24.0. The van der Waals surface area contributed by atoms with Crippen LogP contribution in [-0.2, 0) is 13.1 Å². The summed E-state index contributed by atoms with van der Waals surface area (Å²) in [5.41, 5.74) is 5.14. The summed E-state index contributed by atoms with van der Waals surface area (Å²) >= 11 is 14.2. The van der Waals surface area contributed by atoms with E-state index in [1.807, 2.05) is 36.4 Å². The Kier molecular flexibility index (Phi) is 9.13. The molecule has 0 saturated carbocycles. The van der Waals surface area contributed by atoms with Crippen LogP contribution >= 0.6 is 23.2 Å². The lowest BCUT2D eigenvalue weighted by molar-refractivity contribution is 0.0686. The van der Waals surface area contributed by atoms with E-state index in [2.05, 4.69) is 23.0 Å². The van der Waals surface area contributed by atoms with E-state index < -0.39 is 11.9 Å². The van der Waals surface area contributed by atoms with E-state index in [-0.39, 0.29) is 32.7 Å². The number of halogens is 2. The van der Waals surface area contributed by atoms with Crippen molar-refractivity contribution < 1.29 is 29.3 Å². The molecular formula is C44H38Cl2N4O6. The van der Waals surface area contributed by atoms with E-state index in [0.29, 0.717) is 33.6 Å². The highest BCUT2D eigenvalue weighted by Crippen LogP contribution is 2.47. The SMILES string of the molecule is CCCCCCn1c2ccc(C(=O)O)cc2c2cc3c(cc21)Oc1c(Cl)c2c(c(Cl)c1=N3)Oc1cc3c(cc1N=2)c1cc(C(=O)O)ccc1n3CCCCCC. The van der Waals surface area contributed by atoms with Gasteiger partial charge in [-0.3, -0.25) is 0 Å². The minimum absolute atomic E-state index is 0.192. The first-order valence-corrected chi connectivity index (χ1v) is 19.9. The normalized spacial score (nSPS) is 12.8. The second kappa shape index (κ2) is 14.2. The number of unbranched alkanes of at least 4 members (excludes halogenated alkanes) is 6. The Hall–Kier alpha value is -5.58. The monoisotopic (exact) mass is 788 g/mol. The number of hydrogen-bond donors (Lipinski definition) is 2. The van der Waals surface area contributed by atoms with Gasteiger partial charge in [-0.05, 0) is 61.4 Å². The Morgan fingerprint density at radius 1 is 0.571 bits per heavy atom.